The van der Waals surface area contributed by atoms with E-state index in [-0.39, 0.29) is 13.0 Å². The Morgan fingerprint density at radius 1 is 0.900 bits per heavy atom. The summed E-state index contributed by atoms with van der Waals surface area (Å²) in [5.74, 6) is 1.03. The number of aryl methyl sites for hydroxylation is 3. The van der Waals surface area contributed by atoms with Crippen LogP contribution in [0.15, 0.2) is 23.8 Å². The minimum atomic E-state index is -0.182. The van der Waals surface area contributed by atoms with E-state index in [1.165, 1.54) is 19.2 Å². The number of nitrogen functional groups attached to an aromatic ring is 1. The fourth-order valence-corrected chi connectivity index (χ4v) is 2.09. The first-order chi connectivity index (χ1) is 13.8. The number of fused-ring (bicyclic) bond motifs is 2. The number of anilines is 1. The van der Waals surface area contributed by atoms with Crippen molar-refractivity contribution >= 4 is 28.1 Å². The second-order valence-corrected chi connectivity index (χ2v) is 6.38. The quantitative estimate of drug-likeness (QED) is 0.448. The molecule has 0 aliphatic rings. The van der Waals surface area contributed by atoms with Crippen molar-refractivity contribution in [1.82, 2.24) is 39.0 Å². The van der Waals surface area contributed by atoms with Crippen molar-refractivity contribution in [3.63, 3.8) is 0 Å². The normalized spacial score (nSPS) is 9.43. The number of nitrogens with zero attached hydrogens (tertiary/aromatic N) is 7. The van der Waals surface area contributed by atoms with Crippen LogP contribution in [0.4, 0.5) is 5.82 Å². The van der Waals surface area contributed by atoms with Crippen LogP contribution in [0.2, 0.25) is 0 Å². The molecule has 0 fully saturated rings. The summed E-state index contributed by atoms with van der Waals surface area (Å²) in [5.41, 5.74) is 7.80. The summed E-state index contributed by atoms with van der Waals surface area (Å²) < 4.78 is 3.52. The number of hydrogen-bond acceptors (Lipinski definition) is 7. The second kappa shape index (κ2) is 13.0. The average molecular weight is 418 g/mol. The molecule has 0 radical (unpaired) electrons. The van der Waals surface area contributed by atoms with E-state index in [2.05, 4.69) is 57.6 Å². The molecule has 0 aromatic carbocycles. The second-order valence-electron chi connectivity index (χ2n) is 6.38. The number of imidazole rings is 2. The van der Waals surface area contributed by atoms with E-state index < -0.39 is 0 Å². The van der Waals surface area contributed by atoms with Crippen molar-refractivity contribution in [2.45, 2.75) is 54.9 Å². The zero-order valence-corrected chi connectivity index (χ0v) is 18.3. The molecule has 4 aromatic rings. The fourth-order valence-electron chi connectivity index (χ4n) is 2.09. The van der Waals surface area contributed by atoms with Gasteiger partial charge in [-0.3, -0.25) is 4.79 Å². The van der Waals surface area contributed by atoms with Gasteiger partial charge in [0.15, 0.2) is 22.6 Å². The fraction of sp³-hybridized carbons (Fsp3) is 0.500. The van der Waals surface area contributed by atoms with Gasteiger partial charge in [-0.25, -0.2) is 24.9 Å². The highest BCUT2D eigenvalue weighted by Crippen LogP contribution is 2.11. The lowest BCUT2D eigenvalue weighted by atomic mass is 10.5. The predicted octanol–water partition coefficient (Wildman–Crippen LogP) is 3.38. The Hall–Kier alpha value is -3.30. The third-order valence-corrected chi connectivity index (χ3v) is 3.21. The van der Waals surface area contributed by atoms with Gasteiger partial charge in [-0.15, -0.1) is 0 Å². The Balaban J connectivity index is 0.000000436. The van der Waals surface area contributed by atoms with Crippen LogP contribution in [0, 0.1) is 6.92 Å². The number of aromatic amines is 1. The van der Waals surface area contributed by atoms with E-state index in [0.29, 0.717) is 28.3 Å². The molecule has 0 aliphatic carbocycles. The van der Waals surface area contributed by atoms with Gasteiger partial charge in [0.25, 0.3) is 5.56 Å². The van der Waals surface area contributed by atoms with Gasteiger partial charge in [-0.1, -0.05) is 48.0 Å². The molecular formula is C20H35N9O. The molecule has 10 heteroatoms. The van der Waals surface area contributed by atoms with Crippen LogP contribution < -0.4 is 11.3 Å². The zero-order chi connectivity index (χ0) is 22.0. The lowest BCUT2D eigenvalue weighted by Crippen LogP contribution is -2.10. The van der Waals surface area contributed by atoms with Crippen LogP contribution in [0.3, 0.4) is 0 Å². The van der Waals surface area contributed by atoms with E-state index in [1.54, 1.807) is 35.8 Å². The van der Waals surface area contributed by atoms with Crippen molar-refractivity contribution < 1.29 is 0 Å². The van der Waals surface area contributed by atoms with Gasteiger partial charge in [-0.05, 0) is 6.92 Å². The summed E-state index contributed by atoms with van der Waals surface area (Å²) in [4.78, 5) is 33.7. The van der Waals surface area contributed by atoms with Crippen molar-refractivity contribution in [3.05, 3.63) is 35.2 Å². The number of hydrogen-bond donors (Lipinski definition) is 2. The largest absolute Gasteiger partial charge is 0.382 e. The van der Waals surface area contributed by atoms with Gasteiger partial charge in [0, 0.05) is 14.1 Å². The molecule has 0 saturated carbocycles. The van der Waals surface area contributed by atoms with Gasteiger partial charge in [0.1, 0.15) is 17.7 Å². The highest BCUT2D eigenvalue weighted by Gasteiger charge is 2.05. The first-order valence-electron chi connectivity index (χ1n) is 9.55. The molecule has 0 unspecified atom stereocenters. The van der Waals surface area contributed by atoms with Crippen LogP contribution >= 0.6 is 0 Å². The Labute approximate surface area is 177 Å². The van der Waals surface area contributed by atoms with Gasteiger partial charge in [0.2, 0.25) is 0 Å². The lowest BCUT2D eigenvalue weighted by Gasteiger charge is -1.93. The Bertz CT molecular complexity index is 1080. The maximum absolute atomic E-state index is 11.2. The number of nitrogens with one attached hydrogen (secondary N) is 1. The molecule has 4 rings (SSSR count). The topological polar surface area (TPSA) is 133 Å². The molecule has 0 aliphatic heterocycles. The van der Waals surface area contributed by atoms with Crippen LogP contribution in [0.25, 0.3) is 22.3 Å². The highest BCUT2D eigenvalue weighted by molar-refractivity contribution is 5.80. The van der Waals surface area contributed by atoms with Gasteiger partial charge in [-0.2, -0.15) is 0 Å². The average Bonchev–Trinajstić information content (AvgIpc) is 3.22. The highest BCUT2D eigenvalue weighted by atomic mass is 16.1. The van der Waals surface area contributed by atoms with E-state index in [4.69, 9.17) is 5.73 Å². The van der Waals surface area contributed by atoms with Gasteiger partial charge < -0.3 is 19.9 Å². The third-order valence-electron chi connectivity index (χ3n) is 3.21. The molecule has 30 heavy (non-hydrogen) atoms. The SMILES string of the molecule is C.CCC.CCC.Cc1nc2c(ncn2C)c(=O)[nH]1.Cn1cnc2c(N)ncnc21. The van der Waals surface area contributed by atoms with E-state index in [9.17, 15) is 4.79 Å². The molecule has 0 amide bonds. The molecule has 0 saturated heterocycles. The van der Waals surface area contributed by atoms with Crippen molar-refractivity contribution in [2.75, 3.05) is 5.73 Å². The number of aromatic nitrogens is 8. The molecule has 166 valence electrons. The third kappa shape index (κ3) is 6.94. The first-order valence-corrected chi connectivity index (χ1v) is 9.55. The Kier molecular flexibility index (Phi) is 11.6. The molecular weight excluding hydrogens is 382 g/mol. The molecule has 0 atom stereocenters. The van der Waals surface area contributed by atoms with Crippen LogP contribution in [0.5, 0.6) is 0 Å². The van der Waals surface area contributed by atoms with Crippen LogP contribution in [0.1, 0.15) is 53.8 Å². The van der Waals surface area contributed by atoms with Gasteiger partial charge in [0.05, 0.1) is 12.7 Å². The predicted molar refractivity (Wildman–Crippen MR) is 123 cm³/mol. The standard InChI is InChI=1S/C7H8N4O.C6H7N5.2C3H8.CH4/c1-4-9-6-5(7(12)10-4)8-3-11(6)2;1-11-3-10-4-5(7)8-2-9-6(4)11;2*1-3-2;/h3H,1-2H3,(H,9,10,12);2-3H,1H3,(H2,7,8,9);2*3H2,1-2H3;1H4. The number of nitrogens with two attached hydrogens (primary N) is 1. The summed E-state index contributed by atoms with van der Waals surface area (Å²) in [5, 5.41) is 0. The van der Waals surface area contributed by atoms with Crippen LogP contribution in [-0.4, -0.2) is 39.0 Å². The molecule has 4 heterocycles. The molecule has 0 spiro atoms. The molecule has 4 aromatic heterocycles. The summed E-state index contributed by atoms with van der Waals surface area (Å²) in [6, 6.07) is 0. The van der Waals surface area contributed by atoms with Crippen molar-refractivity contribution in [2.24, 2.45) is 14.1 Å². The minimum Gasteiger partial charge on any atom is -0.382 e. The lowest BCUT2D eigenvalue weighted by molar-refractivity contribution is 0.917. The summed E-state index contributed by atoms with van der Waals surface area (Å²) in [6.45, 7) is 10.2. The Morgan fingerprint density at radius 2 is 1.40 bits per heavy atom. The maximum Gasteiger partial charge on any atom is 0.279 e. The van der Waals surface area contributed by atoms with E-state index in [1.807, 2.05) is 7.05 Å². The molecule has 10 nitrogen and oxygen atoms in total. The minimum absolute atomic E-state index is 0. The summed E-state index contributed by atoms with van der Waals surface area (Å²) in [6.07, 6.45) is 7.17. The molecule has 3 N–H and O–H groups in total. The zero-order valence-electron chi connectivity index (χ0n) is 18.3. The summed E-state index contributed by atoms with van der Waals surface area (Å²) in [7, 11) is 3.67. The van der Waals surface area contributed by atoms with E-state index in [0.717, 1.165) is 5.65 Å². The Morgan fingerprint density at radius 3 is 1.93 bits per heavy atom. The summed E-state index contributed by atoms with van der Waals surface area (Å²) >= 11 is 0. The number of rotatable bonds is 0. The van der Waals surface area contributed by atoms with E-state index >= 15 is 0 Å². The van der Waals surface area contributed by atoms with Crippen molar-refractivity contribution in [1.29, 1.82) is 0 Å². The van der Waals surface area contributed by atoms with Crippen LogP contribution in [-0.2, 0) is 14.1 Å². The van der Waals surface area contributed by atoms with Crippen molar-refractivity contribution in [3.8, 4) is 0 Å². The monoisotopic (exact) mass is 417 g/mol. The maximum atomic E-state index is 11.2. The first kappa shape index (κ1) is 26.7. The van der Waals surface area contributed by atoms with Gasteiger partial charge >= 0.3 is 0 Å². The molecule has 0 bridgehead atoms. The smallest absolute Gasteiger partial charge is 0.279 e. The number of H-pyrrole nitrogens is 1.